The van der Waals surface area contributed by atoms with Crippen molar-refractivity contribution in [2.24, 2.45) is 0 Å². The van der Waals surface area contributed by atoms with Gasteiger partial charge in [-0.1, -0.05) is 91.0 Å². The predicted molar refractivity (Wildman–Crippen MR) is 133 cm³/mol. The summed E-state index contributed by atoms with van der Waals surface area (Å²) < 4.78 is 0. The Morgan fingerprint density at radius 3 is 0.944 bits per heavy atom. The second-order valence-electron chi connectivity index (χ2n) is 7.81. The average Bonchev–Trinajstić information content (AvgIpc) is 2.94. The van der Waals surface area contributed by atoms with Crippen LogP contribution in [0.1, 0.15) is 48.5 Å². The molecule has 0 aliphatic carbocycles. The van der Waals surface area contributed by atoms with E-state index < -0.39 is 17.7 Å². The van der Waals surface area contributed by atoms with E-state index in [4.69, 9.17) is 0 Å². The lowest BCUT2D eigenvalue weighted by Gasteiger charge is -2.09. The van der Waals surface area contributed by atoms with Crippen molar-refractivity contribution in [3.05, 3.63) is 125 Å². The molecule has 0 saturated heterocycles. The third kappa shape index (κ3) is 6.80. The largest absolute Gasteiger partial charge is 0.345 e. The number of carbonyl (C=O) groups excluding carboxylic acids is 3. The molecule has 0 atom stereocenters. The van der Waals surface area contributed by atoms with Gasteiger partial charge in [-0.3, -0.25) is 14.4 Å². The van der Waals surface area contributed by atoms with Crippen LogP contribution in [0.25, 0.3) is 0 Å². The number of benzene rings is 3. The molecule has 1 heterocycles. The third-order valence-electron chi connectivity index (χ3n) is 5.13. The van der Waals surface area contributed by atoms with E-state index >= 15 is 0 Å². The number of rotatable bonds is 9. The van der Waals surface area contributed by atoms with E-state index in [1.54, 1.807) is 0 Å². The molecule has 36 heavy (non-hydrogen) atoms. The van der Waals surface area contributed by atoms with Crippen LogP contribution >= 0.6 is 0 Å². The zero-order valence-corrected chi connectivity index (χ0v) is 19.3. The maximum atomic E-state index is 12.8. The van der Waals surface area contributed by atoms with Gasteiger partial charge in [-0.25, -0.2) is 0 Å². The van der Waals surface area contributed by atoms with Gasteiger partial charge in [0.2, 0.25) is 17.5 Å². The van der Waals surface area contributed by atoms with E-state index in [1.165, 1.54) is 0 Å². The summed E-state index contributed by atoms with van der Waals surface area (Å²) in [7, 11) is 0. The summed E-state index contributed by atoms with van der Waals surface area (Å²) in [5, 5.41) is 8.12. The van der Waals surface area contributed by atoms with Crippen LogP contribution in [0.5, 0.6) is 0 Å². The monoisotopic (exact) mass is 480 g/mol. The molecule has 9 heteroatoms. The highest BCUT2D eigenvalue weighted by atomic mass is 16.2. The summed E-state index contributed by atoms with van der Waals surface area (Å²) in [6.45, 7) is 0.698. The van der Waals surface area contributed by atoms with Crippen molar-refractivity contribution in [2.75, 3.05) is 0 Å². The molecule has 0 fully saturated rings. The number of nitrogens with one attached hydrogen (secondary N) is 3. The smallest absolute Gasteiger partial charge is 0.289 e. The fourth-order valence-electron chi connectivity index (χ4n) is 3.25. The van der Waals surface area contributed by atoms with Crippen molar-refractivity contribution in [3.8, 4) is 0 Å². The number of nitrogens with zero attached hydrogens (tertiary/aromatic N) is 3. The molecule has 4 rings (SSSR count). The van der Waals surface area contributed by atoms with Crippen molar-refractivity contribution in [1.82, 2.24) is 30.9 Å². The van der Waals surface area contributed by atoms with Crippen molar-refractivity contribution in [3.63, 3.8) is 0 Å². The molecular weight excluding hydrogens is 456 g/mol. The first-order chi connectivity index (χ1) is 17.6. The molecule has 1 aromatic heterocycles. The van der Waals surface area contributed by atoms with Crippen LogP contribution in [0.3, 0.4) is 0 Å². The summed E-state index contributed by atoms with van der Waals surface area (Å²) in [4.78, 5) is 50.5. The van der Waals surface area contributed by atoms with Crippen LogP contribution in [0.2, 0.25) is 0 Å². The predicted octanol–water partition coefficient (Wildman–Crippen LogP) is 2.66. The first-order valence-corrected chi connectivity index (χ1v) is 11.3. The minimum Gasteiger partial charge on any atom is -0.345 e. The lowest BCUT2D eigenvalue weighted by atomic mass is 10.2. The van der Waals surface area contributed by atoms with E-state index in [1.807, 2.05) is 91.0 Å². The molecule has 9 nitrogen and oxygen atoms in total. The maximum absolute atomic E-state index is 12.8. The summed E-state index contributed by atoms with van der Waals surface area (Å²) in [5.41, 5.74) is 2.63. The molecule has 0 aliphatic heterocycles. The number of hydrogen-bond donors (Lipinski definition) is 3. The second-order valence-corrected chi connectivity index (χ2v) is 7.81. The zero-order chi connectivity index (χ0) is 25.2. The van der Waals surface area contributed by atoms with Crippen LogP contribution in [-0.2, 0) is 19.6 Å². The minimum atomic E-state index is -0.629. The molecule has 0 radical (unpaired) electrons. The standard InChI is InChI=1S/C27H24N6O3/c34-25(28-16-19-10-4-1-5-11-19)22-31-23(26(35)29-17-20-12-6-2-7-13-20)33-24(32-22)27(36)30-18-21-14-8-3-9-15-21/h1-15H,16-18H2,(H,28,34)(H,29,35)(H,30,36). The highest BCUT2D eigenvalue weighted by Crippen LogP contribution is 2.04. The van der Waals surface area contributed by atoms with E-state index in [0.717, 1.165) is 16.7 Å². The molecule has 3 aromatic carbocycles. The molecule has 0 spiro atoms. The summed E-state index contributed by atoms with van der Waals surface area (Å²) in [6.07, 6.45) is 0. The van der Waals surface area contributed by atoms with E-state index in [9.17, 15) is 14.4 Å². The van der Waals surface area contributed by atoms with Gasteiger partial charge in [-0.05, 0) is 16.7 Å². The number of hydrogen-bond acceptors (Lipinski definition) is 6. The molecule has 3 amide bonds. The van der Waals surface area contributed by atoms with Crippen LogP contribution in [0.15, 0.2) is 91.0 Å². The topological polar surface area (TPSA) is 126 Å². The average molecular weight is 481 g/mol. The summed E-state index contributed by atoms with van der Waals surface area (Å²) in [5.74, 6) is -2.86. The molecule has 4 aromatic rings. The van der Waals surface area contributed by atoms with Crippen molar-refractivity contribution in [1.29, 1.82) is 0 Å². The first-order valence-electron chi connectivity index (χ1n) is 11.3. The van der Waals surface area contributed by atoms with Gasteiger partial charge in [-0.2, -0.15) is 15.0 Å². The summed E-state index contributed by atoms with van der Waals surface area (Å²) in [6, 6.07) is 27.9. The molecule has 0 bridgehead atoms. The molecule has 0 aliphatic rings. The maximum Gasteiger partial charge on any atom is 0.289 e. The molecular formula is C27H24N6O3. The second kappa shape index (κ2) is 12.0. The first kappa shape index (κ1) is 24.2. The minimum absolute atomic E-state index is 0.233. The lowest BCUT2D eigenvalue weighted by molar-refractivity contribution is 0.0926. The van der Waals surface area contributed by atoms with Crippen LogP contribution in [-0.4, -0.2) is 32.7 Å². The normalized spacial score (nSPS) is 10.3. The van der Waals surface area contributed by atoms with Gasteiger partial charge in [0.1, 0.15) is 0 Å². The van der Waals surface area contributed by atoms with Crippen LogP contribution in [0.4, 0.5) is 0 Å². The highest BCUT2D eigenvalue weighted by molar-refractivity contribution is 5.97. The Labute approximate surface area is 208 Å². The molecule has 180 valence electrons. The van der Waals surface area contributed by atoms with Crippen LogP contribution < -0.4 is 16.0 Å². The molecule has 0 saturated carbocycles. The Morgan fingerprint density at radius 2 is 0.694 bits per heavy atom. The van der Waals surface area contributed by atoms with Gasteiger partial charge in [0.05, 0.1) is 0 Å². The number of carbonyl (C=O) groups is 3. The Morgan fingerprint density at radius 1 is 0.444 bits per heavy atom. The SMILES string of the molecule is O=C(NCc1ccccc1)c1nc(C(=O)NCc2ccccc2)nc(C(=O)NCc2ccccc2)n1. The Bertz CT molecular complexity index is 1150. The van der Waals surface area contributed by atoms with Gasteiger partial charge >= 0.3 is 0 Å². The summed E-state index contributed by atoms with van der Waals surface area (Å²) >= 11 is 0. The Balaban J connectivity index is 1.52. The molecule has 0 unspecified atom stereocenters. The van der Waals surface area contributed by atoms with Gasteiger partial charge in [0.25, 0.3) is 17.7 Å². The fraction of sp³-hybridized carbons (Fsp3) is 0.111. The number of aromatic nitrogens is 3. The van der Waals surface area contributed by atoms with E-state index in [-0.39, 0.29) is 37.1 Å². The third-order valence-corrected chi connectivity index (χ3v) is 5.13. The van der Waals surface area contributed by atoms with Gasteiger partial charge in [0.15, 0.2) is 0 Å². The quantitative estimate of drug-likeness (QED) is 0.338. The van der Waals surface area contributed by atoms with Crippen molar-refractivity contribution >= 4 is 17.7 Å². The lowest BCUT2D eigenvalue weighted by Crippen LogP contribution is -2.33. The van der Waals surface area contributed by atoms with E-state index in [0.29, 0.717) is 0 Å². The Kier molecular flexibility index (Phi) is 8.06. The van der Waals surface area contributed by atoms with Crippen molar-refractivity contribution < 1.29 is 14.4 Å². The molecule has 3 N–H and O–H groups in total. The van der Waals surface area contributed by atoms with Gasteiger partial charge in [-0.15, -0.1) is 0 Å². The zero-order valence-electron chi connectivity index (χ0n) is 19.3. The van der Waals surface area contributed by atoms with Crippen LogP contribution in [0, 0.1) is 0 Å². The Hall–Kier alpha value is -4.92. The fourth-order valence-corrected chi connectivity index (χ4v) is 3.25. The van der Waals surface area contributed by atoms with E-state index in [2.05, 4.69) is 30.9 Å². The van der Waals surface area contributed by atoms with Crippen molar-refractivity contribution in [2.45, 2.75) is 19.6 Å². The van der Waals surface area contributed by atoms with Gasteiger partial charge < -0.3 is 16.0 Å². The highest BCUT2D eigenvalue weighted by Gasteiger charge is 2.21. The number of amides is 3. The van der Waals surface area contributed by atoms with Gasteiger partial charge in [0, 0.05) is 19.6 Å².